The van der Waals surface area contributed by atoms with Gasteiger partial charge in [0.1, 0.15) is 11.5 Å². The van der Waals surface area contributed by atoms with Gasteiger partial charge in [-0.1, -0.05) is 0 Å². The molecule has 18 heavy (non-hydrogen) atoms. The molecule has 0 aliphatic rings. The van der Waals surface area contributed by atoms with Crippen LogP contribution in [0.15, 0.2) is 18.2 Å². The van der Waals surface area contributed by atoms with Crippen molar-refractivity contribution in [3.8, 4) is 11.5 Å². The Labute approximate surface area is 113 Å². The van der Waals surface area contributed by atoms with E-state index < -0.39 is 0 Å². The number of ether oxygens (including phenoxy) is 2. The van der Waals surface area contributed by atoms with E-state index in [4.69, 9.17) is 15.2 Å². The minimum atomic E-state index is -0.157. The van der Waals surface area contributed by atoms with Gasteiger partial charge in [-0.25, -0.2) is 0 Å². The van der Waals surface area contributed by atoms with Crippen molar-refractivity contribution in [3.05, 3.63) is 23.8 Å². The Morgan fingerprint density at radius 2 is 1.78 bits per heavy atom. The number of nitrogens with two attached hydrogens (primary N) is 1. The molecule has 0 spiro atoms. The summed E-state index contributed by atoms with van der Waals surface area (Å²) < 4.78 is 10.2. The Kier molecular flexibility index (Phi) is 7.91. The van der Waals surface area contributed by atoms with Crippen LogP contribution in [0, 0.1) is 0 Å². The predicted octanol–water partition coefficient (Wildman–Crippen LogP) is 1.20. The fraction of sp³-hybridized carbons (Fsp3) is 0.417. The summed E-state index contributed by atoms with van der Waals surface area (Å²) in [6, 6.07) is 5.05. The third-order valence-corrected chi connectivity index (χ3v) is 2.28. The lowest BCUT2D eigenvalue weighted by Gasteiger charge is -2.08. The summed E-state index contributed by atoms with van der Waals surface area (Å²) in [5, 5.41) is 2.77. The maximum absolute atomic E-state index is 11.8. The maximum atomic E-state index is 11.8. The van der Waals surface area contributed by atoms with E-state index in [0.717, 1.165) is 6.42 Å². The van der Waals surface area contributed by atoms with Crippen molar-refractivity contribution < 1.29 is 14.3 Å². The number of amides is 1. The highest BCUT2D eigenvalue weighted by Crippen LogP contribution is 2.22. The first-order valence-corrected chi connectivity index (χ1v) is 5.42. The van der Waals surface area contributed by atoms with Gasteiger partial charge in [0.2, 0.25) is 0 Å². The Morgan fingerprint density at radius 1 is 1.22 bits per heavy atom. The standard InChI is InChI=1S/C12H18N2O3.ClH/c1-16-10-6-9(7-11(8-10)17-2)12(15)14-5-3-4-13;/h6-8H,3-5,13H2,1-2H3,(H,14,15);1H. The van der Waals surface area contributed by atoms with Crippen LogP contribution in [0.2, 0.25) is 0 Å². The molecule has 0 saturated heterocycles. The average Bonchev–Trinajstić information content (AvgIpc) is 2.38. The fourth-order valence-corrected chi connectivity index (χ4v) is 1.34. The van der Waals surface area contributed by atoms with Gasteiger partial charge in [-0.3, -0.25) is 4.79 Å². The van der Waals surface area contributed by atoms with Gasteiger partial charge in [0, 0.05) is 18.2 Å². The van der Waals surface area contributed by atoms with Crippen LogP contribution in [0.3, 0.4) is 0 Å². The molecule has 0 heterocycles. The minimum Gasteiger partial charge on any atom is -0.497 e. The first-order chi connectivity index (χ1) is 8.21. The molecule has 102 valence electrons. The Hall–Kier alpha value is -1.46. The Morgan fingerprint density at radius 3 is 2.22 bits per heavy atom. The van der Waals surface area contributed by atoms with E-state index in [1.807, 2.05) is 0 Å². The molecule has 5 nitrogen and oxygen atoms in total. The van der Waals surface area contributed by atoms with Gasteiger partial charge in [0.15, 0.2) is 0 Å². The zero-order valence-corrected chi connectivity index (χ0v) is 11.4. The normalized spacial score (nSPS) is 9.28. The van der Waals surface area contributed by atoms with Gasteiger partial charge >= 0.3 is 0 Å². The number of halogens is 1. The molecule has 0 saturated carbocycles. The van der Waals surface area contributed by atoms with Crippen molar-refractivity contribution in [1.82, 2.24) is 5.32 Å². The predicted molar refractivity (Wildman–Crippen MR) is 72.8 cm³/mol. The summed E-state index contributed by atoms with van der Waals surface area (Å²) in [4.78, 5) is 11.8. The van der Waals surface area contributed by atoms with Crippen molar-refractivity contribution in [1.29, 1.82) is 0 Å². The first-order valence-electron chi connectivity index (χ1n) is 5.42. The maximum Gasteiger partial charge on any atom is 0.251 e. The van der Waals surface area contributed by atoms with Crippen LogP contribution < -0.4 is 20.5 Å². The molecular weight excluding hydrogens is 256 g/mol. The van der Waals surface area contributed by atoms with Gasteiger partial charge in [0.05, 0.1) is 14.2 Å². The van der Waals surface area contributed by atoms with Crippen LogP contribution in [0.4, 0.5) is 0 Å². The molecule has 6 heteroatoms. The lowest BCUT2D eigenvalue weighted by Crippen LogP contribution is -2.25. The van der Waals surface area contributed by atoms with Gasteiger partial charge in [-0.2, -0.15) is 0 Å². The molecule has 0 radical (unpaired) electrons. The summed E-state index contributed by atoms with van der Waals surface area (Å²) in [5.74, 6) is 1.03. The molecule has 0 atom stereocenters. The smallest absolute Gasteiger partial charge is 0.251 e. The summed E-state index contributed by atoms with van der Waals surface area (Å²) in [6.07, 6.45) is 0.757. The van der Waals surface area contributed by atoms with Crippen molar-refractivity contribution in [2.75, 3.05) is 27.3 Å². The Balaban J connectivity index is 0.00000289. The van der Waals surface area contributed by atoms with Gasteiger partial charge in [0.25, 0.3) is 5.91 Å². The molecule has 0 unspecified atom stereocenters. The summed E-state index contributed by atoms with van der Waals surface area (Å²) >= 11 is 0. The largest absolute Gasteiger partial charge is 0.497 e. The van der Waals surface area contributed by atoms with Crippen LogP contribution in [-0.2, 0) is 0 Å². The number of hydrogen-bond acceptors (Lipinski definition) is 4. The lowest BCUT2D eigenvalue weighted by molar-refractivity contribution is 0.0953. The van der Waals surface area contributed by atoms with E-state index in [1.165, 1.54) is 0 Å². The number of carbonyl (C=O) groups is 1. The fourth-order valence-electron chi connectivity index (χ4n) is 1.34. The van der Waals surface area contributed by atoms with Crippen LogP contribution in [-0.4, -0.2) is 33.2 Å². The second kappa shape index (κ2) is 8.60. The number of benzene rings is 1. The van der Waals surface area contributed by atoms with Gasteiger partial charge in [-0.05, 0) is 25.1 Å². The molecule has 0 aliphatic carbocycles. The number of hydrogen-bond donors (Lipinski definition) is 2. The van der Waals surface area contributed by atoms with E-state index in [9.17, 15) is 4.79 Å². The molecule has 1 aromatic carbocycles. The zero-order valence-electron chi connectivity index (χ0n) is 10.6. The van der Waals surface area contributed by atoms with Crippen LogP contribution in [0.25, 0.3) is 0 Å². The zero-order chi connectivity index (χ0) is 12.7. The average molecular weight is 275 g/mol. The van der Waals surface area contributed by atoms with Crippen molar-refractivity contribution >= 4 is 18.3 Å². The molecule has 0 fully saturated rings. The highest BCUT2D eigenvalue weighted by Gasteiger charge is 2.08. The first kappa shape index (κ1) is 16.5. The summed E-state index contributed by atoms with van der Waals surface area (Å²) in [6.45, 7) is 1.12. The molecule has 3 N–H and O–H groups in total. The van der Waals surface area contributed by atoms with Crippen LogP contribution >= 0.6 is 12.4 Å². The highest BCUT2D eigenvalue weighted by atomic mass is 35.5. The van der Waals surface area contributed by atoms with Gasteiger partial charge < -0.3 is 20.5 Å². The second-order valence-electron chi connectivity index (χ2n) is 3.50. The van der Waals surface area contributed by atoms with Crippen molar-refractivity contribution in [3.63, 3.8) is 0 Å². The number of methoxy groups -OCH3 is 2. The molecule has 0 aliphatic heterocycles. The second-order valence-corrected chi connectivity index (χ2v) is 3.50. The molecule has 1 rings (SSSR count). The summed E-state index contributed by atoms with van der Waals surface area (Å²) in [7, 11) is 3.09. The molecular formula is C12H19ClN2O3. The molecule has 1 aromatic rings. The monoisotopic (exact) mass is 274 g/mol. The third-order valence-electron chi connectivity index (χ3n) is 2.28. The quantitative estimate of drug-likeness (QED) is 0.765. The van der Waals surface area contributed by atoms with Crippen molar-refractivity contribution in [2.45, 2.75) is 6.42 Å². The molecule has 0 bridgehead atoms. The third kappa shape index (κ3) is 4.81. The van der Waals surface area contributed by atoms with Crippen LogP contribution in [0.1, 0.15) is 16.8 Å². The minimum absolute atomic E-state index is 0. The number of nitrogens with one attached hydrogen (secondary N) is 1. The molecule has 0 aromatic heterocycles. The number of carbonyl (C=O) groups excluding carboxylic acids is 1. The Bertz CT molecular complexity index is 363. The molecule has 1 amide bonds. The van der Waals surface area contributed by atoms with E-state index in [0.29, 0.717) is 30.2 Å². The van der Waals surface area contributed by atoms with Gasteiger partial charge in [-0.15, -0.1) is 12.4 Å². The highest BCUT2D eigenvalue weighted by molar-refractivity contribution is 5.95. The van der Waals surface area contributed by atoms with Crippen molar-refractivity contribution in [2.24, 2.45) is 5.73 Å². The SMILES string of the molecule is COc1cc(OC)cc(C(=O)NCCCN)c1.Cl. The topological polar surface area (TPSA) is 73.6 Å². The van der Waals surface area contributed by atoms with Crippen LogP contribution in [0.5, 0.6) is 11.5 Å². The van der Waals surface area contributed by atoms with E-state index >= 15 is 0 Å². The van der Waals surface area contributed by atoms with E-state index in [-0.39, 0.29) is 18.3 Å². The van der Waals surface area contributed by atoms with E-state index in [2.05, 4.69) is 5.32 Å². The lowest BCUT2D eigenvalue weighted by atomic mass is 10.2. The number of rotatable bonds is 6. The van der Waals surface area contributed by atoms with E-state index in [1.54, 1.807) is 32.4 Å². The summed E-state index contributed by atoms with van der Waals surface area (Å²) in [5.41, 5.74) is 5.87.